The van der Waals surface area contributed by atoms with Gasteiger partial charge in [-0.05, 0) is 32.6 Å². The summed E-state index contributed by atoms with van der Waals surface area (Å²) in [6, 6.07) is 0. The molecule has 0 aromatic carbocycles. The molecule has 1 heterocycles. The average Bonchev–Trinajstić information content (AvgIpc) is 2.28. The number of thioether (sulfide) groups is 1. The van der Waals surface area contributed by atoms with Crippen molar-refractivity contribution in [1.29, 1.82) is 0 Å². The van der Waals surface area contributed by atoms with Gasteiger partial charge in [-0.25, -0.2) is 0 Å². The van der Waals surface area contributed by atoms with Crippen molar-refractivity contribution in [3.8, 4) is 0 Å². The van der Waals surface area contributed by atoms with Gasteiger partial charge in [0, 0.05) is 10.4 Å². The SMILES string of the molecule is CSc1sc(C)c(C)c1C(C)=O. The predicted octanol–water partition coefficient (Wildman–Crippen LogP) is 3.29. The van der Waals surface area contributed by atoms with Crippen LogP contribution in [0.25, 0.3) is 0 Å². The fraction of sp³-hybridized carbons (Fsp3) is 0.444. The van der Waals surface area contributed by atoms with E-state index in [-0.39, 0.29) is 5.78 Å². The summed E-state index contributed by atoms with van der Waals surface area (Å²) < 4.78 is 1.15. The van der Waals surface area contributed by atoms with Crippen LogP contribution in [0.1, 0.15) is 27.7 Å². The molecule has 0 saturated heterocycles. The summed E-state index contributed by atoms with van der Waals surface area (Å²) in [6.45, 7) is 5.71. The van der Waals surface area contributed by atoms with Crippen molar-refractivity contribution < 1.29 is 4.79 Å². The maximum Gasteiger partial charge on any atom is 0.162 e. The highest BCUT2D eigenvalue weighted by atomic mass is 32.2. The molecule has 1 aromatic rings. The molecule has 0 spiro atoms. The van der Waals surface area contributed by atoms with Gasteiger partial charge in [-0.2, -0.15) is 0 Å². The molecular formula is C9H12OS2. The number of rotatable bonds is 2. The lowest BCUT2D eigenvalue weighted by Gasteiger charge is -1.96. The van der Waals surface area contributed by atoms with Crippen molar-refractivity contribution >= 4 is 28.9 Å². The standard InChI is InChI=1S/C9H12OS2/c1-5-7(3)12-9(11-4)8(5)6(2)10/h1-4H3. The van der Waals surface area contributed by atoms with Crippen LogP contribution < -0.4 is 0 Å². The van der Waals surface area contributed by atoms with E-state index in [9.17, 15) is 4.79 Å². The molecule has 0 amide bonds. The molecule has 0 aliphatic rings. The van der Waals surface area contributed by atoms with Gasteiger partial charge in [-0.1, -0.05) is 0 Å². The Morgan fingerprint density at radius 1 is 1.42 bits per heavy atom. The first-order chi connectivity index (χ1) is 5.57. The number of hydrogen-bond donors (Lipinski definition) is 0. The van der Waals surface area contributed by atoms with Crippen LogP contribution in [0.2, 0.25) is 0 Å². The van der Waals surface area contributed by atoms with Gasteiger partial charge in [0.1, 0.15) is 0 Å². The summed E-state index contributed by atoms with van der Waals surface area (Å²) in [5.74, 6) is 0.182. The third-order valence-corrected chi connectivity index (χ3v) is 4.22. The molecule has 0 unspecified atom stereocenters. The summed E-state index contributed by atoms with van der Waals surface area (Å²) >= 11 is 3.37. The maximum absolute atomic E-state index is 11.3. The zero-order valence-electron chi connectivity index (χ0n) is 7.72. The van der Waals surface area contributed by atoms with Crippen LogP contribution in [0.4, 0.5) is 0 Å². The number of hydrogen-bond acceptors (Lipinski definition) is 3. The number of ketones is 1. The molecule has 1 nitrogen and oxygen atoms in total. The molecule has 0 atom stereocenters. The van der Waals surface area contributed by atoms with Crippen LogP contribution in [0.5, 0.6) is 0 Å². The lowest BCUT2D eigenvalue weighted by molar-refractivity contribution is 0.101. The van der Waals surface area contributed by atoms with Crippen molar-refractivity contribution in [3.05, 3.63) is 16.0 Å². The number of thiophene rings is 1. The van der Waals surface area contributed by atoms with Crippen LogP contribution in [-0.2, 0) is 0 Å². The highest BCUT2D eigenvalue weighted by Gasteiger charge is 2.14. The topological polar surface area (TPSA) is 17.1 Å². The first-order valence-electron chi connectivity index (χ1n) is 3.72. The maximum atomic E-state index is 11.3. The molecule has 0 aliphatic carbocycles. The van der Waals surface area contributed by atoms with Crippen molar-refractivity contribution in [2.45, 2.75) is 25.0 Å². The molecule has 0 radical (unpaired) electrons. The Bertz CT molecular complexity index is 313. The van der Waals surface area contributed by atoms with E-state index < -0.39 is 0 Å². The molecule has 0 N–H and O–H groups in total. The highest BCUT2D eigenvalue weighted by molar-refractivity contribution is 8.00. The van der Waals surface area contributed by atoms with E-state index in [0.717, 1.165) is 15.3 Å². The molecule has 12 heavy (non-hydrogen) atoms. The van der Waals surface area contributed by atoms with Gasteiger partial charge in [0.15, 0.2) is 5.78 Å². The van der Waals surface area contributed by atoms with Crippen LogP contribution in [0.15, 0.2) is 4.21 Å². The molecule has 3 heteroatoms. The number of carbonyl (C=O) groups is 1. The number of carbonyl (C=O) groups excluding carboxylic acids is 1. The van der Waals surface area contributed by atoms with Crippen LogP contribution >= 0.6 is 23.1 Å². The van der Waals surface area contributed by atoms with Gasteiger partial charge in [0.2, 0.25) is 0 Å². The Kier molecular flexibility index (Phi) is 2.96. The van der Waals surface area contributed by atoms with E-state index in [1.165, 1.54) is 4.88 Å². The van der Waals surface area contributed by atoms with Crippen molar-refractivity contribution in [1.82, 2.24) is 0 Å². The van der Waals surface area contributed by atoms with Gasteiger partial charge in [-0.3, -0.25) is 4.79 Å². The van der Waals surface area contributed by atoms with E-state index >= 15 is 0 Å². The Morgan fingerprint density at radius 3 is 2.33 bits per heavy atom. The quantitative estimate of drug-likeness (QED) is 0.538. The third kappa shape index (κ3) is 1.57. The molecule has 0 saturated carbocycles. The van der Waals surface area contributed by atoms with Gasteiger partial charge in [-0.15, -0.1) is 23.1 Å². The zero-order chi connectivity index (χ0) is 9.30. The van der Waals surface area contributed by atoms with E-state index in [1.54, 1.807) is 30.0 Å². The second-order valence-corrected chi connectivity index (χ2v) is 5.01. The smallest absolute Gasteiger partial charge is 0.162 e. The van der Waals surface area contributed by atoms with Crippen molar-refractivity contribution in [2.24, 2.45) is 0 Å². The first kappa shape index (κ1) is 9.81. The minimum atomic E-state index is 0.182. The average molecular weight is 200 g/mol. The van der Waals surface area contributed by atoms with Gasteiger partial charge in [0.25, 0.3) is 0 Å². The molecule has 1 aromatic heterocycles. The van der Waals surface area contributed by atoms with E-state index in [4.69, 9.17) is 0 Å². The predicted molar refractivity (Wildman–Crippen MR) is 55.6 cm³/mol. The number of aryl methyl sites for hydroxylation is 1. The van der Waals surface area contributed by atoms with Gasteiger partial charge in [0.05, 0.1) is 4.21 Å². The highest BCUT2D eigenvalue weighted by Crippen LogP contribution is 2.34. The van der Waals surface area contributed by atoms with E-state index in [2.05, 4.69) is 6.92 Å². The first-order valence-corrected chi connectivity index (χ1v) is 5.77. The largest absolute Gasteiger partial charge is 0.294 e. The molecule has 1 rings (SSSR count). The summed E-state index contributed by atoms with van der Waals surface area (Å²) in [7, 11) is 0. The molecule has 0 bridgehead atoms. The molecule has 0 aliphatic heterocycles. The summed E-state index contributed by atoms with van der Waals surface area (Å²) in [5, 5.41) is 0. The number of Topliss-reactive ketones (excluding diaryl/α,β-unsaturated/α-hetero) is 1. The zero-order valence-corrected chi connectivity index (χ0v) is 9.36. The lowest BCUT2D eigenvalue weighted by Crippen LogP contribution is -1.93. The molecule has 0 fully saturated rings. The summed E-state index contributed by atoms with van der Waals surface area (Å²) in [5.41, 5.74) is 2.07. The minimum absolute atomic E-state index is 0.182. The van der Waals surface area contributed by atoms with E-state index in [0.29, 0.717) is 0 Å². The van der Waals surface area contributed by atoms with Gasteiger partial charge >= 0.3 is 0 Å². The monoisotopic (exact) mass is 200 g/mol. The summed E-state index contributed by atoms with van der Waals surface area (Å²) in [6.07, 6.45) is 2.01. The van der Waals surface area contributed by atoms with Gasteiger partial charge < -0.3 is 0 Å². The Labute approximate surface area is 81.2 Å². The van der Waals surface area contributed by atoms with Crippen LogP contribution in [-0.4, -0.2) is 12.0 Å². The fourth-order valence-electron chi connectivity index (χ4n) is 1.15. The molecule has 66 valence electrons. The van der Waals surface area contributed by atoms with Crippen molar-refractivity contribution in [2.75, 3.05) is 6.26 Å². The van der Waals surface area contributed by atoms with Crippen molar-refractivity contribution in [3.63, 3.8) is 0 Å². The Hall–Kier alpha value is -0.280. The molecular weight excluding hydrogens is 188 g/mol. The lowest BCUT2D eigenvalue weighted by atomic mass is 10.1. The Morgan fingerprint density at radius 2 is 2.00 bits per heavy atom. The third-order valence-electron chi connectivity index (χ3n) is 1.89. The summed E-state index contributed by atoms with van der Waals surface area (Å²) in [4.78, 5) is 12.5. The van der Waals surface area contributed by atoms with Crippen LogP contribution in [0, 0.1) is 13.8 Å². The minimum Gasteiger partial charge on any atom is -0.294 e. The second-order valence-electron chi connectivity index (χ2n) is 2.71. The fourth-order valence-corrected chi connectivity index (χ4v) is 3.29. The second kappa shape index (κ2) is 3.62. The Balaban J connectivity index is 3.31. The van der Waals surface area contributed by atoms with Crippen LogP contribution in [0.3, 0.4) is 0 Å². The normalized spacial score (nSPS) is 10.3. The van der Waals surface area contributed by atoms with E-state index in [1.807, 2.05) is 13.2 Å².